The third kappa shape index (κ3) is 9.23. The molecule has 316 valence electrons. The summed E-state index contributed by atoms with van der Waals surface area (Å²) >= 11 is 0. The zero-order valence-corrected chi connectivity index (χ0v) is 35.1. The van der Waals surface area contributed by atoms with Gasteiger partial charge in [0.25, 0.3) is 0 Å². The minimum atomic E-state index is -0.459. The molecule has 9 rings (SSSR count). The smallest absolute Gasteiger partial charge is 0.231 e. The lowest BCUT2D eigenvalue weighted by molar-refractivity contribution is 0.0867. The summed E-state index contributed by atoms with van der Waals surface area (Å²) in [6, 6.07) is 62.2. The summed E-state index contributed by atoms with van der Waals surface area (Å²) in [7, 11) is 3.32. The molecule has 0 saturated heterocycles. The number of anilines is 3. The Morgan fingerprint density at radius 1 is 0.444 bits per heavy atom. The fourth-order valence-electron chi connectivity index (χ4n) is 7.60. The average Bonchev–Trinajstić information content (AvgIpc) is 4.01. The predicted octanol–water partition coefficient (Wildman–Crippen LogP) is 10.5. The minimum absolute atomic E-state index is 0.459. The van der Waals surface area contributed by atoms with E-state index in [1.54, 1.807) is 14.2 Å². The van der Waals surface area contributed by atoms with E-state index in [0.717, 1.165) is 74.0 Å². The van der Waals surface area contributed by atoms with Crippen molar-refractivity contribution in [1.82, 2.24) is 0 Å². The predicted molar refractivity (Wildman–Crippen MR) is 247 cm³/mol. The Kier molecular flexibility index (Phi) is 12.3. The first-order chi connectivity index (χ1) is 31.1. The first kappa shape index (κ1) is 40.5. The molecule has 2 atom stereocenters. The van der Waals surface area contributed by atoms with E-state index in [1.807, 2.05) is 176 Å². The van der Waals surface area contributed by atoms with Crippen LogP contribution in [0.25, 0.3) is 0 Å². The summed E-state index contributed by atoms with van der Waals surface area (Å²) in [5, 5.41) is 9.06. The molecule has 2 heterocycles. The number of amidine groups is 2. The molecule has 2 aliphatic heterocycles. The third-order valence-electron chi connectivity index (χ3n) is 10.9. The van der Waals surface area contributed by atoms with Gasteiger partial charge in [-0.2, -0.15) is 0 Å². The van der Waals surface area contributed by atoms with E-state index < -0.39 is 12.5 Å². The van der Waals surface area contributed by atoms with Crippen molar-refractivity contribution < 1.29 is 28.6 Å². The number of rotatable bonds is 17. The fraction of sp³-hybridized carbons (Fsp3) is 0.154. The number of para-hydroxylation sites is 1. The Bertz CT molecular complexity index is 2430. The first-order valence-corrected chi connectivity index (χ1v) is 20.9. The van der Waals surface area contributed by atoms with E-state index in [0.29, 0.717) is 26.3 Å². The maximum atomic E-state index is 6.31. The molecule has 0 bridgehead atoms. The molecule has 0 N–H and O–H groups in total. The number of ether oxygens (including phenoxy) is 4. The van der Waals surface area contributed by atoms with Crippen LogP contribution in [0, 0.1) is 0 Å². The van der Waals surface area contributed by atoms with E-state index in [4.69, 9.17) is 28.6 Å². The van der Waals surface area contributed by atoms with Gasteiger partial charge in [-0.3, -0.25) is 9.80 Å². The number of oxime groups is 2. The van der Waals surface area contributed by atoms with Crippen molar-refractivity contribution >= 4 is 28.7 Å². The highest BCUT2D eigenvalue weighted by molar-refractivity contribution is 6.11. The second-order valence-corrected chi connectivity index (χ2v) is 14.8. The van der Waals surface area contributed by atoms with Crippen LogP contribution in [0.15, 0.2) is 198 Å². The van der Waals surface area contributed by atoms with Gasteiger partial charge in [-0.25, -0.2) is 0 Å². The Balaban J connectivity index is 0.822. The molecule has 0 saturated carbocycles. The fourth-order valence-corrected chi connectivity index (χ4v) is 7.60. The summed E-state index contributed by atoms with van der Waals surface area (Å²) in [6.07, 6.45) is -0.918. The highest BCUT2D eigenvalue weighted by atomic mass is 16.7. The largest absolute Gasteiger partial charge is 0.497 e. The zero-order chi connectivity index (χ0) is 42.8. The van der Waals surface area contributed by atoms with E-state index >= 15 is 0 Å². The molecule has 0 aromatic heterocycles. The molecule has 0 fully saturated rings. The van der Waals surface area contributed by atoms with Crippen LogP contribution in [0.2, 0.25) is 0 Å². The Hall–Kier alpha value is -7.92. The molecule has 11 nitrogen and oxygen atoms in total. The molecule has 2 aliphatic rings. The summed E-state index contributed by atoms with van der Waals surface area (Å²) in [5.74, 6) is 4.55. The standard InChI is InChI=1S/C52H47N5O6/c1-58-45-30-22-43(23-31-45)56-49(38-12-6-3-7-13-38)53-62-51(56)40-18-26-47(27-19-40)60-36-34-55(42-16-10-5-11-17-42)35-37-61-48-28-20-41(21-29-48)52-57(44-24-32-46(59-2)33-25-44)50(54-63-52)39-14-8-4-9-15-39/h3-33,51-52H,34-37H2,1-2H3. The highest BCUT2D eigenvalue weighted by Crippen LogP contribution is 2.38. The van der Waals surface area contributed by atoms with Gasteiger partial charge >= 0.3 is 0 Å². The summed E-state index contributed by atoms with van der Waals surface area (Å²) in [4.78, 5) is 18.6. The Morgan fingerprint density at radius 2 is 0.810 bits per heavy atom. The number of hydrogen-bond acceptors (Lipinski definition) is 11. The van der Waals surface area contributed by atoms with E-state index in [1.165, 1.54) is 0 Å². The number of hydrogen-bond donors (Lipinski definition) is 0. The van der Waals surface area contributed by atoms with Crippen LogP contribution in [-0.4, -0.2) is 52.2 Å². The average molecular weight is 838 g/mol. The molecule has 0 spiro atoms. The summed E-state index contributed by atoms with van der Waals surface area (Å²) < 4.78 is 23.4. The maximum absolute atomic E-state index is 6.31. The lowest BCUT2D eigenvalue weighted by Gasteiger charge is -2.26. The Labute approximate surface area is 367 Å². The van der Waals surface area contributed by atoms with Crippen LogP contribution >= 0.6 is 0 Å². The van der Waals surface area contributed by atoms with Crippen molar-refractivity contribution in [2.75, 3.05) is 55.2 Å². The topological polar surface area (TPSA) is 89.8 Å². The third-order valence-corrected chi connectivity index (χ3v) is 10.9. The first-order valence-electron chi connectivity index (χ1n) is 20.9. The van der Waals surface area contributed by atoms with Crippen LogP contribution in [0.5, 0.6) is 23.0 Å². The molecule has 7 aromatic rings. The van der Waals surface area contributed by atoms with E-state index in [-0.39, 0.29) is 0 Å². The monoisotopic (exact) mass is 837 g/mol. The van der Waals surface area contributed by atoms with Gasteiger partial charge in [0.15, 0.2) is 11.7 Å². The zero-order valence-electron chi connectivity index (χ0n) is 35.1. The van der Waals surface area contributed by atoms with Crippen LogP contribution in [-0.2, 0) is 9.68 Å². The van der Waals surface area contributed by atoms with Gasteiger partial charge in [-0.15, -0.1) is 0 Å². The van der Waals surface area contributed by atoms with Gasteiger partial charge in [0.2, 0.25) is 12.5 Å². The van der Waals surface area contributed by atoms with Gasteiger partial charge in [-0.05, 0) is 109 Å². The SMILES string of the molecule is COc1ccc(N2C(c3ccccc3)=NOC2c2ccc(OCCN(CCOc3ccc(C4ON=C(c5ccccc5)N4c4ccc(OC)cc4)cc3)c3ccccc3)cc2)cc1. The molecule has 0 amide bonds. The number of methoxy groups -OCH3 is 2. The van der Waals surface area contributed by atoms with Gasteiger partial charge in [0.1, 0.15) is 36.2 Å². The number of benzene rings is 7. The molecular weight excluding hydrogens is 791 g/mol. The lowest BCUT2D eigenvalue weighted by atomic mass is 10.1. The maximum Gasteiger partial charge on any atom is 0.231 e. The molecule has 2 unspecified atom stereocenters. The van der Waals surface area contributed by atoms with Crippen molar-refractivity contribution in [3.05, 3.63) is 210 Å². The van der Waals surface area contributed by atoms with Crippen molar-refractivity contribution in [2.24, 2.45) is 10.3 Å². The van der Waals surface area contributed by atoms with Crippen LogP contribution < -0.4 is 33.6 Å². The molecule has 63 heavy (non-hydrogen) atoms. The second kappa shape index (κ2) is 19.2. The van der Waals surface area contributed by atoms with Crippen molar-refractivity contribution in [1.29, 1.82) is 0 Å². The van der Waals surface area contributed by atoms with Crippen molar-refractivity contribution in [3.8, 4) is 23.0 Å². The molecule has 7 aromatic carbocycles. The van der Waals surface area contributed by atoms with Crippen LogP contribution in [0.1, 0.15) is 34.7 Å². The van der Waals surface area contributed by atoms with Gasteiger partial charge in [-0.1, -0.05) is 89.2 Å². The van der Waals surface area contributed by atoms with Gasteiger partial charge in [0.05, 0.1) is 27.3 Å². The lowest BCUT2D eigenvalue weighted by Crippen LogP contribution is -2.32. The van der Waals surface area contributed by atoms with E-state index in [9.17, 15) is 0 Å². The minimum Gasteiger partial charge on any atom is -0.497 e. The molecule has 11 heteroatoms. The van der Waals surface area contributed by atoms with E-state index in [2.05, 4.69) is 37.1 Å². The quantitative estimate of drug-likeness (QED) is 0.0889. The van der Waals surface area contributed by atoms with Crippen LogP contribution in [0.4, 0.5) is 17.1 Å². The summed E-state index contributed by atoms with van der Waals surface area (Å²) in [5.41, 5.74) is 6.77. The molecule has 0 radical (unpaired) electrons. The van der Waals surface area contributed by atoms with Gasteiger partial charge < -0.3 is 33.5 Å². The Morgan fingerprint density at radius 3 is 1.19 bits per heavy atom. The molecule has 0 aliphatic carbocycles. The normalized spacial score (nSPS) is 15.5. The number of nitrogens with zero attached hydrogens (tertiary/aromatic N) is 5. The van der Waals surface area contributed by atoms with Crippen molar-refractivity contribution in [2.45, 2.75) is 12.5 Å². The van der Waals surface area contributed by atoms with Gasteiger partial charge in [0, 0.05) is 39.3 Å². The second-order valence-electron chi connectivity index (χ2n) is 14.8. The van der Waals surface area contributed by atoms with Crippen molar-refractivity contribution in [3.63, 3.8) is 0 Å². The molecular formula is C52H47N5O6. The highest BCUT2D eigenvalue weighted by Gasteiger charge is 2.35. The van der Waals surface area contributed by atoms with Crippen LogP contribution in [0.3, 0.4) is 0 Å². The summed E-state index contributed by atoms with van der Waals surface area (Å²) in [6.45, 7) is 2.26.